The van der Waals surface area contributed by atoms with E-state index in [-0.39, 0.29) is 18.7 Å². The Labute approximate surface area is 107 Å². The average Bonchev–Trinajstić information content (AvgIpc) is 2.81. The zero-order valence-corrected chi connectivity index (χ0v) is 10.2. The highest BCUT2D eigenvalue weighted by atomic mass is 16.6. The molecule has 2 atom stereocenters. The van der Waals surface area contributed by atoms with Gasteiger partial charge in [0.15, 0.2) is 0 Å². The first-order chi connectivity index (χ1) is 8.75. The quantitative estimate of drug-likeness (QED) is 0.801. The van der Waals surface area contributed by atoms with Gasteiger partial charge >= 0.3 is 5.97 Å². The molecule has 0 amide bonds. The molecule has 1 saturated heterocycles. The summed E-state index contributed by atoms with van der Waals surface area (Å²) < 4.78 is 10.3. The topological polar surface area (TPSA) is 55.8 Å². The Morgan fingerprint density at radius 1 is 1.39 bits per heavy atom. The lowest BCUT2D eigenvalue weighted by Crippen LogP contribution is -2.27. The molecule has 0 aliphatic carbocycles. The number of ether oxygens (including phenoxy) is 2. The predicted octanol–water partition coefficient (Wildman–Crippen LogP) is 1.31. The maximum Gasteiger partial charge on any atom is 0.306 e. The van der Waals surface area contributed by atoms with Gasteiger partial charge in [-0.1, -0.05) is 30.3 Å². The van der Waals surface area contributed by atoms with Crippen LogP contribution in [-0.2, 0) is 20.7 Å². The van der Waals surface area contributed by atoms with Crippen LogP contribution in [0.4, 0.5) is 0 Å². The first-order valence-electron chi connectivity index (χ1n) is 6.25. The van der Waals surface area contributed by atoms with Crippen LogP contribution in [0.15, 0.2) is 30.3 Å². The molecular formula is C14H18O4. The second-order valence-corrected chi connectivity index (χ2v) is 4.43. The first-order valence-corrected chi connectivity index (χ1v) is 6.25. The average molecular weight is 250 g/mol. The van der Waals surface area contributed by atoms with Crippen LogP contribution in [0.25, 0.3) is 0 Å². The zero-order valence-electron chi connectivity index (χ0n) is 10.2. The molecular weight excluding hydrogens is 232 g/mol. The van der Waals surface area contributed by atoms with Crippen LogP contribution < -0.4 is 0 Å². The van der Waals surface area contributed by atoms with E-state index in [0.29, 0.717) is 25.9 Å². The molecule has 1 aromatic rings. The third-order valence-corrected chi connectivity index (χ3v) is 3.04. The Morgan fingerprint density at radius 3 is 2.83 bits per heavy atom. The van der Waals surface area contributed by atoms with E-state index in [4.69, 9.17) is 9.47 Å². The summed E-state index contributed by atoms with van der Waals surface area (Å²) >= 11 is 0. The summed E-state index contributed by atoms with van der Waals surface area (Å²) in [6.45, 7) is 0.683. The van der Waals surface area contributed by atoms with Crippen LogP contribution in [-0.4, -0.2) is 36.5 Å². The first kappa shape index (κ1) is 13.1. The molecule has 1 N–H and O–H groups in total. The Morgan fingerprint density at radius 2 is 2.17 bits per heavy atom. The predicted molar refractivity (Wildman–Crippen MR) is 66.1 cm³/mol. The third kappa shape index (κ3) is 3.82. The largest absolute Gasteiger partial charge is 0.463 e. The van der Waals surface area contributed by atoms with Gasteiger partial charge in [0.2, 0.25) is 0 Å². The summed E-state index contributed by atoms with van der Waals surface area (Å²) in [6, 6.07) is 9.81. The summed E-state index contributed by atoms with van der Waals surface area (Å²) in [7, 11) is 0. The molecule has 1 heterocycles. The van der Waals surface area contributed by atoms with E-state index >= 15 is 0 Å². The van der Waals surface area contributed by atoms with Gasteiger partial charge in [-0.25, -0.2) is 0 Å². The highest BCUT2D eigenvalue weighted by Crippen LogP contribution is 2.13. The van der Waals surface area contributed by atoms with E-state index < -0.39 is 6.10 Å². The number of esters is 1. The van der Waals surface area contributed by atoms with Crippen molar-refractivity contribution in [3.63, 3.8) is 0 Å². The van der Waals surface area contributed by atoms with E-state index in [1.807, 2.05) is 30.3 Å². The number of benzene rings is 1. The Bertz CT molecular complexity index is 377. The summed E-state index contributed by atoms with van der Waals surface area (Å²) in [4.78, 5) is 11.5. The summed E-state index contributed by atoms with van der Waals surface area (Å²) in [5.41, 5.74) is 1.12. The molecule has 0 spiro atoms. The van der Waals surface area contributed by atoms with Gasteiger partial charge in [0.1, 0.15) is 12.7 Å². The van der Waals surface area contributed by atoms with Gasteiger partial charge in [-0.05, 0) is 18.4 Å². The highest BCUT2D eigenvalue weighted by Gasteiger charge is 2.27. The van der Waals surface area contributed by atoms with E-state index in [2.05, 4.69) is 0 Å². The van der Waals surface area contributed by atoms with Gasteiger partial charge in [0.25, 0.3) is 0 Å². The van der Waals surface area contributed by atoms with Crippen molar-refractivity contribution < 1.29 is 19.4 Å². The number of aliphatic hydroxyl groups is 1. The minimum Gasteiger partial charge on any atom is -0.463 e. The number of aliphatic hydroxyl groups excluding tert-OH is 1. The Hall–Kier alpha value is -1.39. The lowest BCUT2D eigenvalue weighted by atomic mass is 10.1. The molecule has 2 rings (SSSR count). The van der Waals surface area contributed by atoms with Gasteiger partial charge in [-0.2, -0.15) is 0 Å². The fourth-order valence-corrected chi connectivity index (χ4v) is 1.93. The molecule has 4 nitrogen and oxygen atoms in total. The second kappa shape index (κ2) is 6.52. The van der Waals surface area contributed by atoms with Gasteiger partial charge < -0.3 is 14.6 Å². The third-order valence-electron chi connectivity index (χ3n) is 3.04. The van der Waals surface area contributed by atoms with Crippen molar-refractivity contribution in [1.29, 1.82) is 0 Å². The van der Waals surface area contributed by atoms with E-state index in [1.165, 1.54) is 0 Å². The molecule has 1 aliphatic heterocycles. The van der Waals surface area contributed by atoms with Crippen molar-refractivity contribution in [2.45, 2.75) is 31.5 Å². The van der Waals surface area contributed by atoms with Crippen molar-refractivity contribution in [2.24, 2.45) is 0 Å². The van der Waals surface area contributed by atoms with Crippen LogP contribution in [0.1, 0.15) is 18.4 Å². The lowest BCUT2D eigenvalue weighted by Gasteiger charge is -2.13. The molecule has 1 aliphatic rings. The summed E-state index contributed by atoms with van der Waals surface area (Å²) in [5, 5.41) is 9.49. The molecule has 1 fully saturated rings. The second-order valence-electron chi connectivity index (χ2n) is 4.43. The number of hydrogen-bond donors (Lipinski definition) is 1. The number of aryl methyl sites for hydroxylation is 1. The minimum atomic E-state index is -0.507. The maximum absolute atomic E-state index is 11.5. The molecule has 18 heavy (non-hydrogen) atoms. The van der Waals surface area contributed by atoms with Gasteiger partial charge in [-0.3, -0.25) is 4.79 Å². The minimum absolute atomic E-state index is 0.148. The van der Waals surface area contributed by atoms with Crippen LogP contribution in [0.2, 0.25) is 0 Å². The number of carbonyl (C=O) groups excluding carboxylic acids is 1. The van der Waals surface area contributed by atoms with Crippen LogP contribution in [0.5, 0.6) is 0 Å². The van der Waals surface area contributed by atoms with Crippen molar-refractivity contribution >= 4 is 5.97 Å². The monoisotopic (exact) mass is 250 g/mol. The fourth-order valence-electron chi connectivity index (χ4n) is 1.93. The van der Waals surface area contributed by atoms with Crippen LogP contribution in [0.3, 0.4) is 0 Å². The van der Waals surface area contributed by atoms with Crippen molar-refractivity contribution in [2.75, 3.05) is 13.2 Å². The standard InChI is InChI=1S/C14H18O4/c15-12-8-9-17-13(12)10-18-14(16)7-6-11-4-2-1-3-5-11/h1-5,12-13,15H,6-10H2. The SMILES string of the molecule is O=C(CCc1ccccc1)OCC1OCCC1O. The zero-order chi connectivity index (χ0) is 12.8. The molecule has 4 heteroatoms. The maximum atomic E-state index is 11.5. The Kier molecular flexibility index (Phi) is 4.73. The van der Waals surface area contributed by atoms with Gasteiger partial charge in [0, 0.05) is 13.0 Å². The van der Waals surface area contributed by atoms with E-state index in [0.717, 1.165) is 5.56 Å². The smallest absolute Gasteiger partial charge is 0.306 e. The van der Waals surface area contributed by atoms with E-state index in [9.17, 15) is 9.90 Å². The number of hydrogen-bond acceptors (Lipinski definition) is 4. The molecule has 98 valence electrons. The normalized spacial score (nSPS) is 22.9. The molecule has 0 bridgehead atoms. The van der Waals surface area contributed by atoms with Gasteiger partial charge in [-0.15, -0.1) is 0 Å². The highest BCUT2D eigenvalue weighted by molar-refractivity contribution is 5.69. The summed E-state index contributed by atoms with van der Waals surface area (Å²) in [6.07, 6.45) is 0.782. The molecule has 0 radical (unpaired) electrons. The van der Waals surface area contributed by atoms with Crippen molar-refractivity contribution in [3.05, 3.63) is 35.9 Å². The van der Waals surface area contributed by atoms with Gasteiger partial charge in [0.05, 0.1) is 6.10 Å². The van der Waals surface area contributed by atoms with E-state index in [1.54, 1.807) is 0 Å². The lowest BCUT2D eigenvalue weighted by molar-refractivity contribution is -0.148. The number of carbonyl (C=O) groups is 1. The molecule has 0 saturated carbocycles. The van der Waals surface area contributed by atoms with Crippen molar-refractivity contribution in [1.82, 2.24) is 0 Å². The number of rotatable bonds is 5. The molecule has 0 aromatic heterocycles. The van der Waals surface area contributed by atoms with Crippen molar-refractivity contribution in [3.8, 4) is 0 Å². The Balaban J connectivity index is 1.66. The molecule has 2 unspecified atom stereocenters. The summed E-state index contributed by atoms with van der Waals surface area (Å²) in [5.74, 6) is -0.249. The van der Waals surface area contributed by atoms with Crippen LogP contribution >= 0.6 is 0 Å². The fraction of sp³-hybridized carbons (Fsp3) is 0.500. The molecule has 1 aromatic carbocycles. The van der Waals surface area contributed by atoms with Crippen LogP contribution in [0, 0.1) is 0 Å².